The minimum atomic E-state index is -0.544. The maximum atomic E-state index is 11.8. The number of hydrogen-bond acceptors (Lipinski definition) is 6. The standard InChI is InChI=1S/C11H18N4O2S/c1-7-13-10(15-14-7)18-8-4-5-11(6-8,12-2)9(16)17-3/h8,12H,4-6H2,1-3H3,(H,13,14,15). The van der Waals surface area contributed by atoms with E-state index in [9.17, 15) is 4.79 Å². The summed E-state index contributed by atoms with van der Waals surface area (Å²) in [4.78, 5) is 16.1. The summed E-state index contributed by atoms with van der Waals surface area (Å²) in [6.07, 6.45) is 2.49. The van der Waals surface area contributed by atoms with Gasteiger partial charge in [0.15, 0.2) is 0 Å². The van der Waals surface area contributed by atoms with Crippen molar-refractivity contribution in [2.24, 2.45) is 0 Å². The molecule has 0 aliphatic heterocycles. The SMILES string of the molecule is CNC1(C(=O)OC)CCC(Sc2n[nH]c(C)n2)C1. The Labute approximate surface area is 110 Å². The van der Waals surface area contributed by atoms with Crippen LogP contribution in [0.2, 0.25) is 0 Å². The van der Waals surface area contributed by atoms with Crippen LogP contribution in [0.4, 0.5) is 0 Å². The number of nitrogens with zero attached hydrogens (tertiary/aromatic N) is 2. The van der Waals surface area contributed by atoms with Crippen LogP contribution < -0.4 is 5.32 Å². The number of aryl methyl sites for hydroxylation is 1. The Bertz CT molecular complexity index is 436. The molecule has 1 aromatic heterocycles. The van der Waals surface area contributed by atoms with Crippen LogP contribution in [0.5, 0.6) is 0 Å². The second-order valence-corrected chi connectivity index (χ2v) is 5.78. The third-order valence-corrected chi connectivity index (χ3v) is 4.50. The van der Waals surface area contributed by atoms with Crippen LogP contribution in [0.1, 0.15) is 25.1 Å². The van der Waals surface area contributed by atoms with Gasteiger partial charge in [-0.15, -0.1) is 5.10 Å². The molecule has 0 amide bonds. The van der Waals surface area contributed by atoms with Gasteiger partial charge in [-0.05, 0) is 33.2 Å². The fourth-order valence-corrected chi connectivity index (χ4v) is 3.52. The fraction of sp³-hybridized carbons (Fsp3) is 0.727. The molecule has 2 rings (SSSR count). The van der Waals surface area contributed by atoms with Crippen LogP contribution in [0.15, 0.2) is 5.16 Å². The molecule has 2 unspecified atom stereocenters. The molecule has 1 aliphatic carbocycles. The molecule has 100 valence electrons. The highest BCUT2D eigenvalue weighted by Gasteiger charge is 2.45. The van der Waals surface area contributed by atoms with E-state index in [1.54, 1.807) is 18.8 Å². The fourth-order valence-electron chi connectivity index (χ4n) is 2.33. The number of esters is 1. The van der Waals surface area contributed by atoms with Crippen molar-refractivity contribution in [1.29, 1.82) is 0 Å². The molecule has 18 heavy (non-hydrogen) atoms. The van der Waals surface area contributed by atoms with E-state index >= 15 is 0 Å². The molecule has 1 aliphatic rings. The summed E-state index contributed by atoms with van der Waals surface area (Å²) in [7, 11) is 3.24. The third-order valence-electron chi connectivity index (χ3n) is 3.37. The molecule has 1 fully saturated rings. The summed E-state index contributed by atoms with van der Waals surface area (Å²) in [6.45, 7) is 1.87. The number of carbonyl (C=O) groups excluding carboxylic acids is 1. The maximum Gasteiger partial charge on any atom is 0.326 e. The van der Waals surface area contributed by atoms with Crippen molar-refractivity contribution in [1.82, 2.24) is 20.5 Å². The summed E-state index contributed by atoms with van der Waals surface area (Å²) in [6, 6.07) is 0. The molecule has 0 bridgehead atoms. The molecule has 2 N–H and O–H groups in total. The molecule has 1 saturated carbocycles. The molecule has 0 spiro atoms. The van der Waals surface area contributed by atoms with Crippen LogP contribution in [0.25, 0.3) is 0 Å². The lowest BCUT2D eigenvalue weighted by atomic mass is 9.98. The monoisotopic (exact) mass is 270 g/mol. The number of H-pyrrole nitrogens is 1. The number of thioether (sulfide) groups is 1. The Morgan fingerprint density at radius 2 is 2.44 bits per heavy atom. The summed E-state index contributed by atoms with van der Waals surface area (Å²) < 4.78 is 4.88. The number of carbonyl (C=O) groups is 1. The Morgan fingerprint density at radius 3 is 3.00 bits per heavy atom. The van der Waals surface area contributed by atoms with E-state index in [0.29, 0.717) is 5.25 Å². The third kappa shape index (κ3) is 2.51. The van der Waals surface area contributed by atoms with Gasteiger partial charge in [0.2, 0.25) is 5.16 Å². The number of aromatic nitrogens is 3. The first-order chi connectivity index (χ1) is 8.59. The summed E-state index contributed by atoms with van der Waals surface area (Å²) in [5.41, 5.74) is -0.544. The minimum Gasteiger partial charge on any atom is -0.468 e. The van der Waals surface area contributed by atoms with E-state index in [-0.39, 0.29) is 5.97 Å². The number of hydrogen-bond donors (Lipinski definition) is 2. The van der Waals surface area contributed by atoms with Crippen molar-refractivity contribution in [3.63, 3.8) is 0 Å². The van der Waals surface area contributed by atoms with E-state index < -0.39 is 5.54 Å². The van der Waals surface area contributed by atoms with Gasteiger partial charge in [0.1, 0.15) is 11.4 Å². The van der Waals surface area contributed by atoms with Gasteiger partial charge in [0.25, 0.3) is 0 Å². The van der Waals surface area contributed by atoms with Crippen molar-refractivity contribution >= 4 is 17.7 Å². The zero-order valence-electron chi connectivity index (χ0n) is 10.8. The average Bonchev–Trinajstić information content (AvgIpc) is 2.96. The Hall–Kier alpha value is -1.08. The Morgan fingerprint density at radius 1 is 1.67 bits per heavy atom. The van der Waals surface area contributed by atoms with E-state index in [4.69, 9.17) is 4.74 Å². The number of rotatable bonds is 4. The molecule has 6 nitrogen and oxygen atoms in total. The number of likely N-dealkylation sites (N-methyl/N-ethyl adjacent to an activating group) is 1. The van der Waals surface area contributed by atoms with E-state index in [1.165, 1.54) is 7.11 Å². The molecule has 0 radical (unpaired) electrons. The zero-order chi connectivity index (χ0) is 13.2. The van der Waals surface area contributed by atoms with E-state index in [1.807, 2.05) is 6.92 Å². The van der Waals surface area contributed by atoms with Crippen LogP contribution in [-0.2, 0) is 9.53 Å². The molecule has 0 saturated heterocycles. The molecule has 0 aromatic carbocycles. The first kappa shape index (κ1) is 13.4. The van der Waals surface area contributed by atoms with Crippen molar-refractivity contribution in [2.75, 3.05) is 14.2 Å². The Kier molecular flexibility index (Phi) is 3.91. The predicted octanol–water partition coefficient (Wildman–Crippen LogP) is 0.889. The number of methoxy groups -OCH3 is 1. The van der Waals surface area contributed by atoms with Gasteiger partial charge in [-0.2, -0.15) is 0 Å². The molecular weight excluding hydrogens is 252 g/mol. The van der Waals surface area contributed by atoms with Gasteiger partial charge in [0, 0.05) is 5.25 Å². The maximum absolute atomic E-state index is 11.8. The smallest absolute Gasteiger partial charge is 0.326 e. The van der Waals surface area contributed by atoms with Crippen molar-refractivity contribution in [3.05, 3.63) is 5.82 Å². The zero-order valence-corrected chi connectivity index (χ0v) is 11.6. The molecule has 1 heterocycles. The number of ether oxygens (including phenoxy) is 1. The lowest BCUT2D eigenvalue weighted by Gasteiger charge is -2.25. The first-order valence-corrected chi connectivity index (χ1v) is 6.80. The summed E-state index contributed by atoms with van der Waals surface area (Å²) in [5, 5.41) is 11.1. The van der Waals surface area contributed by atoms with Crippen molar-refractivity contribution in [3.8, 4) is 0 Å². The van der Waals surface area contributed by atoms with E-state index in [2.05, 4.69) is 20.5 Å². The topological polar surface area (TPSA) is 79.9 Å². The van der Waals surface area contributed by atoms with Crippen LogP contribution in [0.3, 0.4) is 0 Å². The van der Waals surface area contributed by atoms with Crippen molar-refractivity contribution < 1.29 is 9.53 Å². The minimum absolute atomic E-state index is 0.181. The highest BCUT2D eigenvalue weighted by Crippen LogP contribution is 2.39. The predicted molar refractivity (Wildman–Crippen MR) is 68.4 cm³/mol. The summed E-state index contributed by atoms with van der Waals surface area (Å²) in [5.74, 6) is 0.627. The van der Waals surface area contributed by atoms with Gasteiger partial charge in [-0.3, -0.25) is 9.89 Å². The molecular formula is C11H18N4O2S. The van der Waals surface area contributed by atoms with Gasteiger partial charge in [-0.1, -0.05) is 11.8 Å². The quantitative estimate of drug-likeness (QED) is 0.791. The largest absolute Gasteiger partial charge is 0.468 e. The van der Waals surface area contributed by atoms with Crippen molar-refractivity contribution in [2.45, 2.75) is 42.1 Å². The van der Waals surface area contributed by atoms with Crippen LogP contribution in [-0.4, -0.2) is 46.1 Å². The van der Waals surface area contributed by atoms with Gasteiger partial charge in [0.05, 0.1) is 7.11 Å². The molecule has 7 heteroatoms. The second-order valence-electron chi connectivity index (χ2n) is 4.51. The van der Waals surface area contributed by atoms with E-state index in [0.717, 1.165) is 30.2 Å². The lowest BCUT2D eigenvalue weighted by molar-refractivity contribution is -0.148. The highest BCUT2D eigenvalue weighted by atomic mass is 32.2. The molecule has 1 aromatic rings. The average molecular weight is 270 g/mol. The summed E-state index contributed by atoms with van der Waals surface area (Å²) >= 11 is 1.62. The van der Waals surface area contributed by atoms with Crippen LogP contribution in [0, 0.1) is 6.92 Å². The second kappa shape index (κ2) is 5.27. The lowest BCUT2D eigenvalue weighted by Crippen LogP contribution is -2.49. The normalized spacial score (nSPS) is 27.4. The Balaban J connectivity index is 2.01. The van der Waals surface area contributed by atoms with Gasteiger partial charge < -0.3 is 10.1 Å². The van der Waals surface area contributed by atoms with Gasteiger partial charge >= 0.3 is 5.97 Å². The number of aromatic amines is 1. The van der Waals surface area contributed by atoms with Crippen LogP contribution >= 0.6 is 11.8 Å². The number of nitrogens with one attached hydrogen (secondary N) is 2. The van der Waals surface area contributed by atoms with Gasteiger partial charge in [-0.25, -0.2) is 4.98 Å². The highest BCUT2D eigenvalue weighted by molar-refractivity contribution is 7.99. The first-order valence-electron chi connectivity index (χ1n) is 5.92. The molecule has 2 atom stereocenters.